The van der Waals surface area contributed by atoms with Crippen LogP contribution >= 0.6 is 0 Å². The summed E-state index contributed by atoms with van der Waals surface area (Å²) in [5.41, 5.74) is 1.65. The molecule has 0 aliphatic heterocycles. The summed E-state index contributed by atoms with van der Waals surface area (Å²) in [6, 6.07) is 3.72. The van der Waals surface area contributed by atoms with Crippen LogP contribution in [0.25, 0.3) is 11.1 Å². The lowest BCUT2D eigenvalue weighted by Crippen LogP contribution is -2.20. The highest BCUT2D eigenvalue weighted by atomic mass is 19.4. The largest absolute Gasteiger partial charge is 0.464 e. The van der Waals surface area contributed by atoms with E-state index in [1.165, 1.54) is 24.7 Å². The van der Waals surface area contributed by atoms with Crippen molar-refractivity contribution in [2.45, 2.75) is 24.9 Å². The molecule has 0 spiro atoms. The second-order valence-electron chi connectivity index (χ2n) is 6.31. The van der Waals surface area contributed by atoms with E-state index in [9.17, 15) is 17.6 Å². The summed E-state index contributed by atoms with van der Waals surface area (Å²) in [6.45, 7) is -1.57. The van der Waals surface area contributed by atoms with Crippen LogP contribution in [0, 0.1) is 5.82 Å². The smallest absolute Gasteiger partial charge is 0.422 e. The molecular weight excluding hydrogens is 394 g/mol. The first-order chi connectivity index (χ1) is 13.9. The highest BCUT2D eigenvalue weighted by molar-refractivity contribution is 5.73. The fourth-order valence-corrected chi connectivity index (χ4v) is 2.70. The van der Waals surface area contributed by atoms with Gasteiger partial charge in [0.15, 0.2) is 6.61 Å². The average Bonchev–Trinajstić information content (AvgIpc) is 3.53. The van der Waals surface area contributed by atoms with Gasteiger partial charge in [0, 0.05) is 23.2 Å². The number of benzene rings is 1. The molecule has 1 aromatic carbocycles. The second kappa shape index (κ2) is 7.57. The molecule has 0 amide bonds. The highest BCUT2D eigenvalue weighted by Gasteiger charge is 2.31. The number of halogens is 4. The van der Waals surface area contributed by atoms with E-state index < -0.39 is 24.5 Å². The number of ether oxygens (including phenoxy) is 2. The molecule has 1 fully saturated rings. The van der Waals surface area contributed by atoms with Crippen molar-refractivity contribution < 1.29 is 27.0 Å². The summed E-state index contributed by atoms with van der Waals surface area (Å²) in [5, 5.41) is 7.17. The predicted molar refractivity (Wildman–Crippen MR) is 90.9 cm³/mol. The van der Waals surface area contributed by atoms with E-state index in [1.807, 2.05) is 0 Å². The molecule has 0 saturated heterocycles. The van der Waals surface area contributed by atoms with E-state index in [1.54, 1.807) is 0 Å². The van der Waals surface area contributed by atoms with Gasteiger partial charge in [0.2, 0.25) is 0 Å². The van der Waals surface area contributed by atoms with Crippen LogP contribution in [-0.2, 0) is 0 Å². The van der Waals surface area contributed by atoms with Gasteiger partial charge in [-0.1, -0.05) is 0 Å². The minimum Gasteiger partial charge on any atom is -0.464 e. The van der Waals surface area contributed by atoms with Crippen LogP contribution in [0.4, 0.5) is 17.6 Å². The maximum absolute atomic E-state index is 14.0. The number of rotatable bonds is 6. The van der Waals surface area contributed by atoms with Crippen molar-refractivity contribution in [1.29, 1.82) is 0 Å². The van der Waals surface area contributed by atoms with Crippen LogP contribution < -0.4 is 9.47 Å². The van der Waals surface area contributed by atoms with E-state index in [2.05, 4.69) is 29.9 Å². The lowest BCUT2D eigenvalue weighted by Gasteiger charge is -2.14. The van der Waals surface area contributed by atoms with E-state index in [4.69, 9.17) is 4.74 Å². The lowest BCUT2D eigenvalue weighted by atomic mass is 10.0. The van der Waals surface area contributed by atoms with Gasteiger partial charge >= 0.3 is 12.1 Å². The summed E-state index contributed by atoms with van der Waals surface area (Å²) in [4.78, 5) is 11.9. The number of nitrogens with zero attached hydrogens (tertiary/aromatic N) is 5. The van der Waals surface area contributed by atoms with Gasteiger partial charge in [-0.25, -0.2) is 14.4 Å². The molecule has 0 atom stereocenters. The molecule has 4 rings (SSSR count). The fourth-order valence-electron chi connectivity index (χ4n) is 2.70. The maximum atomic E-state index is 14.0. The summed E-state index contributed by atoms with van der Waals surface area (Å²) in [5.74, 6) is -1.02. The summed E-state index contributed by atoms with van der Waals surface area (Å²) in [6.07, 6.45) is 1.23. The number of hydrogen-bond donors (Lipinski definition) is 0. The third kappa shape index (κ3) is 4.55. The summed E-state index contributed by atoms with van der Waals surface area (Å²) < 4.78 is 61.6. The molecule has 0 radical (unpaired) electrons. The topological polar surface area (TPSA) is 82.9 Å². The normalized spacial score (nSPS) is 13.9. The Kier molecular flexibility index (Phi) is 4.95. The van der Waals surface area contributed by atoms with Gasteiger partial charge in [0.25, 0.3) is 5.88 Å². The molecular formula is C18H13F4N5O2. The molecule has 2 aromatic heterocycles. The third-order valence-electron chi connectivity index (χ3n) is 4.08. The van der Waals surface area contributed by atoms with E-state index in [0.29, 0.717) is 11.1 Å². The van der Waals surface area contributed by atoms with Gasteiger partial charge in [-0.15, -0.1) is 10.2 Å². The Morgan fingerprint density at radius 2 is 1.86 bits per heavy atom. The van der Waals surface area contributed by atoms with E-state index in [-0.39, 0.29) is 17.5 Å². The quantitative estimate of drug-likeness (QED) is 0.570. The van der Waals surface area contributed by atoms with Crippen molar-refractivity contribution in [1.82, 2.24) is 25.1 Å². The summed E-state index contributed by atoms with van der Waals surface area (Å²) >= 11 is 0. The van der Waals surface area contributed by atoms with E-state index in [0.717, 1.165) is 30.9 Å². The van der Waals surface area contributed by atoms with Crippen LogP contribution in [0.5, 0.6) is 17.5 Å². The summed E-state index contributed by atoms with van der Waals surface area (Å²) in [7, 11) is 0. The van der Waals surface area contributed by atoms with Crippen molar-refractivity contribution in [3.63, 3.8) is 0 Å². The Morgan fingerprint density at radius 1 is 1.03 bits per heavy atom. The van der Waals surface area contributed by atoms with Gasteiger partial charge in [-0.05, 0) is 31.0 Å². The third-order valence-corrected chi connectivity index (χ3v) is 4.08. The Morgan fingerprint density at radius 3 is 2.62 bits per heavy atom. The molecule has 1 aliphatic carbocycles. The molecule has 0 unspecified atom stereocenters. The minimum absolute atomic E-state index is 0.127. The predicted octanol–water partition coefficient (Wildman–Crippen LogP) is 4.08. The number of aromatic nitrogens is 5. The van der Waals surface area contributed by atoms with Crippen molar-refractivity contribution in [2.24, 2.45) is 0 Å². The van der Waals surface area contributed by atoms with Crippen molar-refractivity contribution in [2.75, 3.05) is 6.61 Å². The number of alkyl halides is 3. The SMILES string of the molecule is Fc1ccc(Oc2nncnc2OCC(F)(F)F)c(-c2cncnc2C2CC2)c1. The Bertz CT molecular complexity index is 1030. The zero-order valence-corrected chi connectivity index (χ0v) is 14.7. The first-order valence-electron chi connectivity index (χ1n) is 8.55. The Labute approximate surface area is 161 Å². The van der Waals surface area contributed by atoms with Gasteiger partial charge in [0.05, 0.1) is 5.69 Å². The lowest BCUT2D eigenvalue weighted by molar-refractivity contribution is -0.154. The highest BCUT2D eigenvalue weighted by Crippen LogP contribution is 2.45. The van der Waals surface area contributed by atoms with Crippen LogP contribution in [0.3, 0.4) is 0 Å². The van der Waals surface area contributed by atoms with Gasteiger partial charge in [0.1, 0.15) is 24.2 Å². The molecule has 0 bridgehead atoms. The Balaban J connectivity index is 1.70. The zero-order valence-electron chi connectivity index (χ0n) is 14.7. The molecule has 3 aromatic rings. The first-order valence-corrected chi connectivity index (χ1v) is 8.55. The van der Waals surface area contributed by atoms with Crippen LogP contribution in [0.2, 0.25) is 0 Å². The van der Waals surface area contributed by atoms with Crippen LogP contribution in [-0.4, -0.2) is 37.9 Å². The maximum Gasteiger partial charge on any atom is 0.422 e. The molecule has 11 heteroatoms. The van der Waals surface area contributed by atoms with Crippen molar-refractivity contribution >= 4 is 0 Å². The van der Waals surface area contributed by atoms with E-state index >= 15 is 0 Å². The molecule has 150 valence electrons. The van der Waals surface area contributed by atoms with Gasteiger partial charge in [-0.2, -0.15) is 18.2 Å². The molecule has 7 nitrogen and oxygen atoms in total. The monoisotopic (exact) mass is 407 g/mol. The molecule has 1 aliphatic rings. The van der Waals surface area contributed by atoms with Crippen LogP contribution in [0.15, 0.2) is 37.1 Å². The zero-order chi connectivity index (χ0) is 20.4. The van der Waals surface area contributed by atoms with Crippen molar-refractivity contribution in [3.8, 4) is 28.6 Å². The molecule has 1 saturated carbocycles. The molecule has 0 N–H and O–H groups in total. The molecule has 29 heavy (non-hydrogen) atoms. The fraction of sp³-hybridized carbons (Fsp3) is 0.278. The second-order valence-corrected chi connectivity index (χ2v) is 6.31. The van der Waals surface area contributed by atoms with Crippen molar-refractivity contribution in [3.05, 3.63) is 48.6 Å². The minimum atomic E-state index is -4.57. The Hall–Kier alpha value is -3.37. The average molecular weight is 407 g/mol. The van der Waals surface area contributed by atoms with Crippen LogP contribution in [0.1, 0.15) is 24.5 Å². The van der Waals surface area contributed by atoms with Gasteiger partial charge < -0.3 is 9.47 Å². The first kappa shape index (κ1) is 19.0. The number of hydrogen-bond acceptors (Lipinski definition) is 7. The standard InChI is InChI=1S/C18H13F4N5O2/c19-11-3-4-14(12(5-11)13-6-23-8-24-15(13)10-1-2-10)29-17-16(25-9-26-27-17)28-7-18(20,21)22/h3-6,8-10H,1-2,7H2. The van der Waals surface area contributed by atoms with Gasteiger partial charge in [-0.3, -0.25) is 0 Å². The molecule has 2 heterocycles.